The number of nitrogens with one attached hydrogen (secondary N) is 1. The molecule has 0 radical (unpaired) electrons. The first-order chi connectivity index (χ1) is 9.65. The van der Waals surface area contributed by atoms with E-state index in [-0.39, 0.29) is 6.10 Å². The Morgan fingerprint density at radius 3 is 2.25 bits per heavy atom. The van der Waals surface area contributed by atoms with E-state index in [2.05, 4.69) is 33.0 Å². The Bertz CT molecular complexity index is 351. The van der Waals surface area contributed by atoms with Crippen LogP contribution in [0.3, 0.4) is 0 Å². The van der Waals surface area contributed by atoms with Crippen molar-refractivity contribution in [2.75, 3.05) is 13.2 Å². The molecule has 2 unspecified atom stereocenters. The van der Waals surface area contributed by atoms with Gasteiger partial charge < -0.3 is 14.8 Å². The van der Waals surface area contributed by atoms with E-state index in [1.807, 2.05) is 24.3 Å². The van der Waals surface area contributed by atoms with Gasteiger partial charge in [-0.05, 0) is 51.0 Å². The van der Waals surface area contributed by atoms with Crippen LogP contribution < -0.4 is 14.8 Å². The summed E-state index contributed by atoms with van der Waals surface area (Å²) in [5.74, 6) is 1.80. The fraction of sp³-hybridized carbons (Fsp3) is 0.647. The predicted octanol–water partition coefficient (Wildman–Crippen LogP) is 4.02. The van der Waals surface area contributed by atoms with Gasteiger partial charge in [0.2, 0.25) is 0 Å². The summed E-state index contributed by atoms with van der Waals surface area (Å²) in [5, 5.41) is 3.49. The van der Waals surface area contributed by atoms with Gasteiger partial charge in [0.25, 0.3) is 0 Å². The minimum atomic E-state index is 0.164. The molecule has 1 aromatic rings. The van der Waals surface area contributed by atoms with Crippen LogP contribution in [0.25, 0.3) is 0 Å². The lowest BCUT2D eigenvalue weighted by molar-refractivity contribution is 0.211. The second-order valence-electron chi connectivity index (χ2n) is 5.35. The number of hydrogen-bond donors (Lipinski definition) is 1. The highest BCUT2D eigenvalue weighted by Gasteiger charge is 2.06. The SMILES string of the molecule is CCCOc1ccc(OC(C)CNC(C)CCC)cc1. The first-order valence-electron chi connectivity index (χ1n) is 7.78. The first-order valence-corrected chi connectivity index (χ1v) is 7.78. The molecular formula is C17H29NO2. The summed E-state index contributed by atoms with van der Waals surface area (Å²) < 4.78 is 11.4. The van der Waals surface area contributed by atoms with Crippen LogP contribution in [0.1, 0.15) is 47.0 Å². The van der Waals surface area contributed by atoms with Gasteiger partial charge in [-0.2, -0.15) is 0 Å². The molecule has 0 amide bonds. The number of hydrogen-bond acceptors (Lipinski definition) is 3. The van der Waals surface area contributed by atoms with Crippen molar-refractivity contribution in [2.45, 2.75) is 59.1 Å². The van der Waals surface area contributed by atoms with Crippen LogP contribution in [0.2, 0.25) is 0 Å². The molecular weight excluding hydrogens is 250 g/mol. The van der Waals surface area contributed by atoms with E-state index in [4.69, 9.17) is 9.47 Å². The molecule has 0 saturated heterocycles. The summed E-state index contributed by atoms with van der Waals surface area (Å²) in [6.45, 7) is 10.3. The van der Waals surface area contributed by atoms with Crippen molar-refractivity contribution in [1.82, 2.24) is 5.32 Å². The Kier molecular flexibility index (Phi) is 8.12. The van der Waals surface area contributed by atoms with Crippen LogP contribution in [0.4, 0.5) is 0 Å². The van der Waals surface area contributed by atoms with Gasteiger partial charge in [0.15, 0.2) is 0 Å². The van der Waals surface area contributed by atoms with Gasteiger partial charge in [-0.3, -0.25) is 0 Å². The highest BCUT2D eigenvalue weighted by atomic mass is 16.5. The van der Waals surface area contributed by atoms with E-state index in [9.17, 15) is 0 Å². The average molecular weight is 279 g/mol. The molecule has 0 heterocycles. The summed E-state index contributed by atoms with van der Waals surface area (Å²) in [7, 11) is 0. The molecule has 20 heavy (non-hydrogen) atoms. The molecule has 3 nitrogen and oxygen atoms in total. The van der Waals surface area contributed by atoms with Crippen LogP contribution >= 0.6 is 0 Å². The van der Waals surface area contributed by atoms with Crippen molar-refractivity contribution in [2.24, 2.45) is 0 Å². The largest absolute Gasteiger partial charge is 0.494 e. The van der Waals surface area contributed by atoms with Crippen LogP contribution in [0.5, 0.6) is 11.5 Å². The van der Waals surface area contributed by atoms with E-state index < -0.39 is 0 Å². The van der Waals surface area contributed by atoms with Gasteiger partial charge in [-0.1, -0.05) is 20.3 Å². The van der Waals surface area contributed by atoms with Crippen molar-refractivity contribution >= 4 is 0 Å². The fourth-order valence-electron chi connectivity index (χ4n) is 2.01. The Hall–Kier alpha value is -1.22. The highest BCUT2D eigenvalue weighted by Crippen LogP contribution is 2.18. The molecule has 114 valence electrons. The molecule has 0 aliphatic carbocycles. The van der Waals surface area contributed by atoms with E-state index in [1.54, 1.807) is 0 Å². The van der Waals surface area contributed by atoms with Crippen LogP contribution in [0, 0.1) is 0 Å². The lowest BCUT2D eigenvalue weighted by Crippen LogP contribution is -2.34. The summed E-state index contributed by atoms with van der Waals surface area (Å²) in [5.41, 5.74) is 0. The second kappa shape index (κ2) is 9.65. The number of benzene rings is 1. The van der Waals surface area contributed by atoms with Gasteiger partial charge in [-0.25, -0.2) is 0 Å². The topological polar surface area (TPSA) is 30.5 Å². The minimum Gasteiger partial charge on any atom is -0.494 e. The van der Waals surface area contributed by atoms with E-state index in [0.717, 1.165) is 31.1 Å². The Morgan fingerprint density at radius 1 is 1.00 bits per heavy atom. The summed E-state index contributed by atoms with van der Waals surface area (Å²) in [4.78, 5) is 0. The Morgan fingerprint density at radius 2 is 1.65 bits per heavy atom. The third-order valence-corrected chi connectivity index (χ3v) is 3.11. The number of ether oxygens (including phenoxy) is 2. The third kappa shape index (κ3) is 6.80. The molecule has 0 spiro atoms. The predicted molar refractivity (Wildman–Crippen MR) is 84.7 cm³/mol. The van der Waals surface area contributed by atoms with Crippen molar-refractivity contribution < 1.29 is 9.47 Å². The molecule has 0 saturated carbocycles. The van der Waals surface area contributed by atoms with Gasteiger partial charge in [0, 0.05) is 12.6 Å². The first kappa shape index (κ1) is 16.8. The third-order valence-electron chi connectivity index (χ3n) is 3.11. The zero-order chi connectivity index (χ0) is 14.8. The molecule has 0 aliphatic heterocycles. The van der Waals surface area contributed by atoms with Crippen LogP contribution in [-0.4, -0.2) is 25.3 Å². The minimum absolute atomic E-state index is 0.164. The summed E-state index contributed by atoms with van der Waals surface area (Å²) in [6, 6.07) is 8.42. The molecule has 0 fully saturated rings. The van der Waals surface area contributed by atoms with Gasteiger partial charge in [0.1, 0.15) is 17.6 Å². The van der Waals surface area contributed by atoms with Gasteiger partial charge >= 0.3 is 0 Å². The van der Waals surface area contributed by atoms with E-state index in [0.29, 0.717) is 6.04 Å². The molecule has 0 aromatic heterocycles. The second-order valence-corrected chi connectivity index (χ2v) is 5.35. The maximum atomic E-state index is 5.88. The van der Waals surface area contributed by atoms with Gasteiger partial charge in [0.05, 0.1) is 6.61 Å². The average Bonchev–Trinajstić information content (AvgIpc) is 2.45. The summed E-state index contributed by atoms with van der Waals surface area (Å²) in [6.07, 6.45) is 3.60. The Labute approximate surface area is 123 Å². The molecule has 3 heteroatoms. The van der Waals surface area contributed by atoms with Crippen LogP contribution in [-0.2, 0) is 0 Å². The van der Waals surface area contributed by atoms with Gasteiger partial charge in [-0.15, -0.1) is 0 Å². The van der Waals surface area contributed by atoms with Crippen molar-refractivity contribution in [3.8, 4) is 11.5 Å². The van der Waals surface area contributed by atoms with Crippen molar-refractivity contribution in [1.29, 1.82) is 0 Å². The molecule has 2 atom stereocenters. The normalized spacial score (nSPS) is 13.8. The zero-order valence-electron chi connectivity index (χ0n) is 13.3. The molecule has 1 N–H and O–H groups in total. The van der Waals surface area contributed by atoms with E-state index >= 15 is 0 Å². The molecule has 1 aromatic carbocycles. The van der Waals surface area contributed by atoms with E-state index in [1.165, 1.54) is 12.8 Å². The quantitative estimate of drug-likeness (QED) is 0.701. The Balaban J connectivity index is 2.32. The zero-order valence-corrected chi connectivity index (χ0v) is 13.3. The lowest BCUT2D eigenvalue weighted by atomic mass is 10.2. The fourth-order valence-corrected chi connectivity index (χ4v) is 2.01. The molecule has 0 aliphatic rings. The maximum absolute atomic E-state index is 5.88. The molecule has 0 bridgehead atoms. The smallest absolute Gasteiger partial charge is 0.120 e. The maximum Gasteiger partial charge on any atom is 0.120 e. The lowest BCUT2D eigenvalue weighted by Gasteiger charge is -2.19. The number of rotatable bonds is 10. The van der Waals surface area contributed by atoms with Crippen molar-refractivity contribution in [3.63, 3.8) is 0 Å². The van der Waals surface area contributed by atoms with Crippen molar-refractivity contribution in [3.05, 3.63) is 24.3 Å². The summed E-state index contributed by atoms with van der Waals surface area (Å²) >= 11 is 0. The highest BCUT2D eigenvalue weighted by molar-refractivity contribution is 5.31. The monoisotopic (exact) mass is 279 g/mol. The molecule has 1 rings (SSSR count). The van der Waals surface area contributed by atoms with Crippen LogP contribution in [0.15, 0.2) is 24.3 Å². The standard InChI is InChI=1S/C17H29NO2/c1-5-7-14(3)18-13-15(4)20-17-10-8-16(9-11-17)19-12-6-2/h8-11,14-15,18H,5-7,12-13H2,1-4H3.